The quantitative estimate of drug-likeness (QED) is 0.429. The Morgan fingerprint density at radius 2 is 1.88 bits per heavy atom. The van der Waals surface area contributed by atoms with E-state index in [1.165, 1.54) is 0 Å². The zero-order chi connectivity index (χ0) is 25.7. The molecule has 7 nitrogen and oxygen atoms in total. The number of aliphatic hydroxyl groups excluding tert-OH is 1. The molecule has 0 unspecified atom stereocenters. The van der Waals surface area contributed by atoms with Gasteiger partial charge in [-0.3, -0.25) is 9.59 Å². The van der Waals surface area contributed by atoms with Crippen LogP contribution in [0.2, 0.25) is 0 Å². The Balaban J connectivity index is 2.13. The molecule has 34 heavy (non-hydrogen) atoms. The number of ketones is 1. The van der Waals surface area contributed by atoms with Crippen LogP contribution in [0.5, 0.6) is 0 Å². The van der Waals surface area contributed by atoms with Crippen LogP contribution < -0.4 is 0 Å². The number of fused-ring (bicyclic) bond motifs is 3. The van der Waals surface area contributed by atoms with Crippen LogP contribution in [0, 0.1) is 10.8 Å². The summed E-state index contributed by atoms with van der Waals surface area (Å²) in [5, 5.41) is 23.6. The minimum absolute atomic E-state index is 0.0821. The van der Waals surface area contributed by atoms with E-state index in [0.29, 0.717) is 19.4 Å². The molecular weight excluding hydrogens is 434 g/mol. The lowest BCUT2D eigenvalue weighted by molar-refractivity contribution is -0.305. The number of rotatable bonds is 7. The van der Waals surface area contributed by atoms with Crippen LogP contribution in [-0.2, 0) is 19.1 Å². The van der Waals surface area contributed by atoms with Crippen molar-refractivity contribution in [3.63, 3.8) is 0 Å². The largest absolute Gasteiger partial charge is 0.455 e. The summed E-state index contributed by atoms with van der Waals surface area (Å²) in [4.78, 5) is 28.9. The molecule has 0 amide bonds. The molecule has 3 aliphatic rings. The number of aliphatic hydroxyl groups is 2. The fourth-order valence-electron chi connectivity index (χ4n) is 6.59. The second-order valence-corrected chi connectivity index (χ2v) is 11.4. The molecule has 2 N–H and O–H groups in total. The van der Waals surface area contributed by atoms with Gasteiger partial charge in [0.25, 0.3) is 0 Å². The molecule has 0 aromatic heterocycles. The third-order valence-electron chi connectivity index (χ3n) is 8.91. The van der Waals surface area contributed by atoms with Gasteiger partial charge in [-0.15, -0.1) is 6.58 Å². The molecule has 0 aromatic rings. The molecule has 1 saturated heterocycles. The summed E-state index contributed by atoms with van der Waals surface area (Å²) in [7, 11) is 0. The van der Waals surface area contributed by atoms with Gasteiger partial charge in [-0.05, 0) is 58.2 Å². The van der Waals surface area contributed by atoms with E-state index < -0.39 is 51.6 Å². The van der Waals surface area contributed by atoms with E-state index in [4.69, 9.17) is 9.47 Å². The molecular formula is C27H43NO6. The lowest BCUT2D eigenvalue weighted by Crippen LogP contribution is -2.81. The first-order chi connectivity index (χ1) is 15.6. The van der Waals surface area contributed by atoms with Crippen LogP contribution in [0.4, 0.5) is 0 Å². The molecule has 0 aromatic carbocycles. The van der Waals surface area contributed by atoms with Crippen LogP contribution >= 0.6 is 0 Å². The van der Waals surface area contributed by atoms with Crippen LogP contribution in [-0.4, -0.2) is 75.5 Å². The van der Waals surface area contributed by atoms with E-state index in [9.17, 15) is 19.8 Å². The van der Waals surface area contributed by atoms with Gasteiger partial charge in [0.15, 0.2) is 17.5 Å². The monoisotopic (exact) mass is 477 g/mol. The van der Waals surface area contributed by atoms with Gasteiger partial charge in [0.2, 0.25) is 0 Å². The molecule has 3 rings (SSSR count). The van der Waals surface area contributed by atoms with E-state index in [0.717, 1.165) is 18.7 Å². The first-order valence-electron chi connectivity index (χ1n) is 12.6. The van der Waals surface area contributed by atoms with Crippen LogP contribution in [0.1, 0.15) is 74.1 Å². The van der Waals surface area contributed by atoms with Crippen molar-refractivity contribution in [3.05, 3.63) is 24.3 Å². The average Bonchev–Trinajstić information content (AvgIpc) is 2.76. The summed E-state index contributed by atoms with van der Waals surface area (Å²) in [5.41, 5.74) is -5.69. The number of Topliss-reactive ketones (excluding diaryl/α,β-unsaturated/α-hetero) is 1. The van der Waals surface area contributed by atoms with Crippen molar-refractivity contribution >= 4 is 11.8 Å². The Bertz CT molecular complexity index is 878. The van der Waals surface area contributed by atoms with E-state index in [-0.39, 0.29) is 12.8 Å². The highest BCUT2D eigenvalue weighted by atomic mass is 16.6. The van der Waals surface area contributed by atoms with E-state index in [2.05, 4.69) is 11.5 Å². The molecule has 1 heterocycles. The maximum absolute atomic E-state index is 13.8. The van der Waals surface area contributed by atoms with Crippen molar-refractivity contribution in [2.75, 3.05) is 19.6 Å². The third kappa shape index (κ3) is 3.80. The van der Waals surface area contributed by atoms with Gasteiger partial charge < -0.3 is 24.6 Å². The van der Waals surface area contributed by atoms with E-state index in [1.807, 2.05) is 33.8 Å². The molecule has 2 fully saturated rings. The van der Waals surface area contributed by atoms with Crippen molar-refractivity contribution in [1.82, 2.24) is 4.90 Å². The average molecular weight is 478 g/mol. The van der Waals surface area contributed by atoms with Gasteiger partial charge in [-0.1, -0.05) is 39.3 Å². The normalized spacial score (nSPS) is 41.4. The van der Waals surface area contributed by atoms with Crippen molar-refractivity contribution in [2.45, 2.75) is 103 Å². The molecule has 0 radical (unpaired) electrons. The van der Waals surface area contributed by atoms with Crippen molar-refractivity contribution < 1.29 is 29.3 Å². The number of nitrogens with zero attached hydrogens (tertiary/aromatic N) is 1. The summed E-state index contributed by atoms with van der Waals surface area (Å²) in [5.74, 6) is -0.852. The number of carbonyl (C=O) groups excluding carboxylic acids is 2. The number of carbonyl (C=O) groups is 2. The zero-order valence-corrected chi connectivity index (χ0v) is 21.9. The molecule has 6 atom stereocenters. The van der Waals surface area contributed by atoms with Crippen molar-refractivity contribution in [2.24, 2.45) is 10.8 Å². The summed E-state index contributed by atoms with van der Waals surface area (Å²) in [6.45, 7) is 19.3. The maximum atomic E-state index is 13.8. The van der Waals surface area contributed by atoms with Gasteiger partial charge in [0, 0.05) is 13.0 Å². The topological polar surface area (TPSA) is 96.3 Å². The van der Waals surface area contributed by atoms with E-state index in [1.54, 1.807) is 26.8 Å². The van der Waals surface area contributed by atoms with Gasteiger partial charge in [-0.2, -0.15) is 0 Å². The fraction of sp³-hybridized carbons (Fsp3) is 0.778. The van der Waals surface area contributed by atoms with Crippen LogP contribution in [0.25, 0.3) is 0 Å². The molecule has 192 valence electrons. The number of ether oxygens (including phenoxy) is 2. The number of esters is 1. The van der Waals surface area contributed by atoms with Crippen LogP contribution in [0.15, 0.2) is 24.3 Å². The highest BCUT2D eigenvalue weighted by molar-refractivity contribution is 5.93. The van der Waals surface area contributed by atoms with Gasteiger partial charge in [-0.25, -0.2) is 0 Å². The Hall–Kier alpha value is -1.54. The van der Waals surface area contributed by atoms with Crippen molar-refractivity contribution in [3.8, 4) is 0 Å². The fourth-order valence-corrected chi connectivity index (χ4v) is 6.59. The minimum Gasteiger partial charge on any atom is -0.455 e. The third-order valence-corrected chi connectivity index (χ3v) is 8.91. The van der Waals surface area contributed by atoms with Gasteiger partial charge >= 0.3 is 5.97 Å². The summed E-state index contributed by atoms with van der Waals surface area (Å²) in [6, 6.07) is 0. The maximum Gasteiger partial charge on any atom is 0.307 e. The second kappa shape index (κ2) is 8.84. The van der Waals surface area contributed by atoms with E-state index >= 15 is 0 Å². The number of hydrogen-bond donors (Lipinski definition) is 2. The summed E-state index contributed by atoms with van der Waals surface area (Å²) < 4.78 is 12.4. The lowest BCUT2D eigenvalue weighted by Gasteiger charge is -2.66. The molecule has 7 heteroatoms. The first-order valence-corrected chi connectivity index (χ1v) is 12.6. The second-order valence-electron chi connectivity index (χ2n) is 11.4. The first kappa shape index (κ1) is 27.1. The van der Waals surface area contributed by atoms with Crippen molar-refractivity contribution in [1.29, 1.82) is 0 Å². The Morgan fingerprint density at radius 1 is 1.26 bits per heavy atom. The molecule has 1 aliphatic heterocycles. The zero-order valence-electron chi connectivity index (χ0n) is 21.9. The predicted molar refractivity (Wildman–Crippen MR) is 130 cm³/mol. The summed E-state index contributed by atoms with van der Waals surface area (Å²) >= 11 is 0. The highest BCUT2D eigenvalue weighted by Crippen LogP contribution is 2.64. The number of hydrogen-bond acceptors (Lipinski definition) is 7. The van der Waals surface area contributed by atoms with Gasteiger partial charge in [0.1, 0.15) is 5.60 Å². The van der Waals surface area contributed by atoms with Gasteiger partial charge in [0.05, 0.1) is 23.5 Å². The predicted octanol–water partition coefficient (Wildman–Crippen LogP) is 3.18. The standard InChI is InChI=1S/C27H43NO6/c1-9-24(6)17-20(30)27(32)25(7)18(23(4,5)14-12-19(25)29)16-21(26(27,8)34-24)33-22(31)13-15-28(10-2)11-3/h9,16,19,21,29,32H,1,10-15,17H2,2-8H3/t19-,21-,24-,25+,26+,27-/m0/s1. The van der Waals surface area contributed by atoms with Crippen LogP contribution in [0.3, 0.4) is 0 Å². The SMILES string of the molecule is C=C[C@@]1(C)CC(=O)[C@@]2(O)[C@](C)(O1)[C@@H](OC(=O)CCN(CC)CC)C=C1C(C)(C)CC[C@H](O)[C@@]12C. The Morgan fingerprint density at radius 3 is 2.44 bits per heavy atom. The molecule has 1 saturated carbocycles. The Kier molecular flexibility index (Phi) is 7.03. The molecule has 0 spiro atoms. The molecule has 0 bridgehead atoms. The Labute approximate surface area is 204 Å². The lowest BCUT2D eigenvalue weighted by atomic mass is 9.44. The summed E-state index contributed by atoms with van der Waals surface area (Å²) in [6.07, 6.45) is 2.66. The molecule has 2 aliphatic carbocycles. The smallest absolute Gasteiger partial charge is 0.307 e. The highest BCUT2D eigenvalue weighted by Gasteiger charge is 2.76. The minimum atomic E-state index is -2.09.